The Kier molecular flexibility index (Phi) is 6.52. The van der Waals surface area contributed by atoms with Crippen molar-refractivity contribution in [2.45, 2.75) is 39.2 Å². The van der Waals surface area contributed by atoms with Crippen molar-refractivity contribution >= 4 is 5.97 Å². The SMILES string of the molecule is CCCC(O)(C(=O)OCC)C(C)COC. The molecule has 0 aromatic carbocycles. The van der Waals surface area contributed by atoms with Gasteiger partial charge in [0.1, 0.15) is 0 Å². The molecule has 0 saturated heterocycles. The van der Waals surface area contributed by atoms with Gasteiger partial charge in [0.25, 0.3) is 0 Å². The van der Waals surface area contributed by atoms with Gasteiger partial charge in [-0.05, 0) is 13.3 Å². The van der Waals surface area contributed by atoms with Gasteiger partial charge in [-0.2, -0.15) is 0 Å². The minimum Gasteiger partial charge on any atom is -0.464 e. The fourth-order valence-corrected chi connectivity index (χ4v) is 1.57. The number of hydrogen-bond acceptors (Lipinski definition) is 4. The van der Waals surface area contributed by atoms with Gasteiger partial charge >= 0.3 is 5.97 Å². The maximum atomic E-state index is 11.6. The Balaban J connectivity index is 4.62. The van der Waals surface area contributed by atoms with Gasteiger partial charge in [-0.15, -0.1) is 0 Å². The highest BCUT2D eigenvalue weighted by Crippen LogP contribution is 2.25. The first kappa shape index (κ1) is 14.4. The van der Waals surface area contributed by atoms with E-state index in [9.17, 15) is 9.90 Å². The van der Waals surface area contributed by atoms with Crippen LogP contribution in [-0.4, -0.2) is 37.0 Å². The molecule has 0 aromatic rings. The molecule has 0 aliphatic rings. The van der Waals surface area contributed by atoms with Crippen LogP contribution in [0, 0.1) is 5.92 Å². The molecule has 0 aliphatic carbocycles. The van der Waals surface area contributed by atoms with E-state index in [0.717, 1.165) is 6.42 Å². The van der Waals surface area contributed by atoms with Gasteiger partial charge in [0.05, 0.1) is 13.2 Å². The number of ether oxygens (including phenoxy) is 2. The number of rotatable bonds is 7. The van der Waals surface area contributed by atoms with Gasteiger partial charge in [-0.25, -0.2) is 4.79 Å². The molecule has 0 fully saturated rings. The maximum Gasteiger partial charge on any atom is 0.338 e. The van der Waals surface area contributed by atoms with Crippen LogP contribution in [0.3, 0.4) is 0 Å². The summed E-state index contributed by atoms with van der Waals surface area (Å²) in [5, 5.41) is 10.3. The molecule has 2 unspecified atom stereocenters. The summed E-state index contributed by atoms with van der Waals surface area (Å²) in [6.07, 6.45) is 1.12. The average Bonchev–Trinajstić information content (AvgIpc) is 2.18. The topological polar surface area (TPSA) is 55.8 Å². The lowest BCUT2D eigenvalue weighted by atomic mass is 9.85. The maximum absolute atomic E-state index is 11.6. The molecule has 0 saturated carbocycles. The monoisotopic (exact) mass is 218 g/mol. The van der Waals surface area contributed by atoms with Gasteiger partial charge < -0.3 is 14.6 Å². The van der Waals surface area contributed by atoms with Gasteiger partial charge in [-0.3, -0.25) is 0 Å². The number of methoxy groups -OCH3 is 1. The van der Waals surface area contributed by atoms with Crippen molar-refractivity contribution in [1.82, 2.24) is 0 Å². The summed E-state index contributed by atoms with van der Waals surface area (Å²) < 4.78 is 9.84. The van der Waals surface area contributed by atoms with Crippen LogP contribution in [0.5, 0.6) is 0 Å². The fraction of sp³-hybridized carbons (Fsp3) is 0.909. The Hall–Kier alpha value is -0.610. The summed E-state index contributed by atoms with van der Waals surface area (Å²) in [5.41, 5.74) is -1.42. The zero-order chi connectivity index (χ0) is 11.9. The van der Waals surface area contributed by atoms with Crippen LogP contribution in [0.1, 0.15) is 33.6 Å². The lowest BCUT2D eigenvalue weighted by Crippen LogP contribution is -2.47. The summed E-state index contributed by atoms with van der Waals surface area (Å²) in [6, 6.07) is 0. The molecule has 4 heteroatoms. The van der Waals surface area contributed by atoms with Crippen LogP contribution in [0.15, 0.2) is 0 Å². The van der Waals surface area contributed by atoms with Crippen LogP contribution in [0.2, 0.25) is 0 Å². The summed E-state index contributed by atoms with van der Waals surface area (Å²) in [4.78, 5) is 11.6. The molecule has 0 aliphatic heterocycles. The predicted octanol–water partition coefficient (Wildman–Crippen LogP) is 1.36. The van der Waals surface area contributed by atoms with Gasteiger partial charge in [0.2, 0.25) is 0 Å². The first-order valence-corrected chi connectivity index (χ1v) is 5.41. The standard InChI is InChI=1S/C11H22O4/c1-5-7-11(13,9(3)8-14-4)10(12)15-6-2/h9,13H,5-8H2,1-4H3. The van der Waals surface area contributed by atoms with Gasteiger partial charge in [0, 0.05) is 13.0 Å². The number of hydrogen-bond donors (Lipinski definition) is 1. The van der Waals surface area contributed by atoms with Crippen LogP contribution in [0.4, 0.5) is 0 Å². The lowest BCUT2D eigenvalue weighted by molar-refractivity contribution is -0.174. The molecule has 0 amide bonds. The zero-order valence-electron chi connectivity index (χ0n) is 10.1. The Labute approximate surface area is 91.6 Å². The summed E-state index contributed by atoms with van der Waals surface area (Å²) in [7, 11) is 1.55. The Bertz CT molecular complexity index is 193. The van der Waals surface area contributed by atoms with Crippen LogP contribution < -0.4 is 0 Å². The number of carbonyl (C=O) groups is 1. The predicted molar refractivity (Wildman–Crippen MR) is 57.5 cm³/mol. The van der Waals surface area contributed by atoms with E-state index in [2.05, 4.69) is 0 Å². The highest BCUT2D eigenvalue weighted by Gasteiger charge is 2.42. The number of carbonyl (C=O) groups excluding carboxylic acids is 1. The van der Waals surface area contributed by atoms with Crippen molar-refractivity contribution in [2.24, 2.45) is 5.92 Å². The second kappa shape index (κ2) is 6.80. The average molecular weight is 218 g/mol. The van der Waals surface area contributed by atoms with Crippen LogP contribution in [0.25, 0.3) is 0 Å². The van der Waals surface area contributed by atoms with E-state index >= 15 is 0 Å². The van der Waals surface area contributed by atoms with E-state index in [1.54, 1.807) is 21.0 Å². The molecule has 4 nitrogen and oxygen atoms in total. The molecular weight excluding hydrogens is 196 g/mol. The highest BCUT2D eigenvalue weighted by atomic mass is 16.5. The van der Waals surface area contributed by atoms with Crippen molar-refractivity contribution in [1.29, 1.82) is 0 Å². The van der Waals surface area contributed by atoms with E-state index in [0.29, 0.717) is 13.0 Å². The van der Waals surface area contributed by atoms with Crippen molar-refractivity contribution in [3.8, 4) is 0 Å². The molecule has 0 aromatic heterocycles. The Morgan fingerprint density at radius 1 is 1.47 bits per heavy atom. The second-order valence-electron chi connectivity index (χ2n) is 3.75. The normalized spacial score (nSPS) is 16.9. The molecule has 0 heterocycles. The van der Waals surface area contributed by atoms with E-state index in [-0.39, 0.29) is 12.5 Å². The third kappa shape index (κ3) is 3.80. The van der Waals surface area contributed by atoms with Gasteiger partial charge in [-0.1, -0.05) is 20.3 Å². The van der Waals surface area contributed by atoms with E-state index in [4.69, 9.17) is 9.47 Å². The van der Waals surface area contributed by atoms with Crippen molar-refractivity contribution in [2.75, 3.05) is 20.3 Å². The first-order chi connectivity index (χ1) is 7.02. The summed E-state index contributed by atoms with van der Waals surface area (Å²) in [6.45, 7) is 6.06. The van der Waals surface area contributed by atoms with Crippen molar-refractivity contribution in [3.63, 3.8) is 0 Å². The largest absolute Gasteiger partial charge is 0.464 e. The molecule has 0 rings (SSSR count). The minimum atomic E-state index is -1.42. The number of esters is 1. The van der Waals surface area contributed by atoms with Crippen LogP contribution in [-0.2, 0) is 14.3 Å². The molecule has 15 heavy (non-hydrogen) atoms. The molecular formula is C11H22O4. The highest BCUT2D eigenvalue weighted by molar-refractivity contribution is 5.79. The lowest BCUT2D eigenvalue weighted by Gasteiger charge is -2.31. The van der Waals surface area contributed by atoms with E-state index in [1.807, 2.05) is 6.92 Å². The van der Waals surface area contributed by atoms with E-state index < -0.39 is 11.6 Å². The van der Waals surface area contributed by atoms with Crippen molar-refractivity contribution in [3.05, 3.63) is 0 Å². The third-order valence-corrected chi connectivity index (χ3v) is 2.49. The Morgan fingerprint density at radius 2 is 2.07 bits per heavy atom. The molecule has 0 radical (unpaired) electrons. The minimum absolute atomic E-state index is 0.263. The fourth-order valence-electron chi connectivity index (χ4n) is 1.57. The smallest absolute Gasteiger partial charge is 0.338 e. The molecule has 0 spiro atoms. The zero-order valence-corrected chi connectivity index (χ0v) is 10.1. The molecule has 0 bridgehead atoms. The molecule has 1 N–H and O–H groups in total. The Morgan fingerprint density at radius 3 is 2.47 bits per heavy atom. The first-order valence-electron chi connectivity index (χ1n) is 5.41. The van der Waals surface area contributed by atoms with Crippen molar-refractivity contribution < 1.29 is 19.4 Å². The summed E-state index contributed by atoms with van der Waals surface area (Å²) in [5.74, 6) is -0.808. The van der Waals surface area contributed by atoms with E-state index in [1.165, 1.54) is 0 Å². The molecule has 90 valence electrons. The summed E-state index contributed by atoms with van der Waals surface area (Å²) >= 11 is 0. The van der Waals surface area contributed by atoms with Crippen LogP contribution >= 0.6 is 0 Å². The third-order valence-electron chi connectivity index (χ3n) is 2.49. The van der Waals surface area contributed by atoms with Gasteiger partial charge in [0.15, 0.2) is 5.60 Å². The second-order valence-corrected chi connectivity index (χ2v) is 3.75. The number of aliphatic hydroxyl groups is 1. The molecule has 2 atom stereocenters. The quantitative estimate of drug-likeness (QED) is 0.656.